The zero-order chi connectivity index (χ0) is 14.0. The van der Waals surface area contributed by atoms with Gasteiger partial charge < -0.3 is 10.0 Å². The maximum atomic E-state index is 13.5. The summed E-state index contributed by atoms with van der Waals surface area (Å²) in [6.07, 6.45) is -3.33. The van der Waals surface area contributed by atoms with E-state index in [4.69, 9.17) is 5.11 Å². The highest BCUT2D eigenvalue weighted by atomic mass is 19.4. The number of alkyl halides is 3. The lowest BCUT2D eigenvalue weighted by Crippen LogP contribution is -2.32. The van der Waals surface area contributed by atoms with E-state index >= 15 is 0 Å². The number of benzene rings is 1. The van der Waals surface area contributed by atoms with E-state index in [2.05, 4.69) is 0 Å². The molecule has 0 spiro atoms. The number of rotatable bonds is 2. The van der Waals surface area contributed by atoms with Crippen LogP contribution in [0.3, 0.4) is 0 Å². The van der Waals surface area contributed by atoms with Crippen LogP contribution in [0.5, 0.6) is 0 Å². The lowest BCUT2D eigenvalue weighted by atomic mass is 10.1. The maximum absolute atomic E-state index is 13.5. The molecular weight excluding hydrogens is 262 g/mol. The summed E-state index contributed by atoms with van der Waals surface area (Å²) in [6, 6.07) is 4.30. The predicted octanol–water partition coefficient (Wildman–Crippen LogP) is 3.02. The molecule has 1 heterocycles. The Morgan fingerprint density at radius 3 is 2.53 bits per heavy atom. The summed E-state index contributed by atoms with van der Waals surface area (Å²) in [5, 5.41) is 9.15. The second-order valence-electron chi connectivity index (χ2n) is 4.32. The molecule has 1 aliphatic rings. The SMILES string of the molecule is OCc1c(F)cccc1N1CC=C(C(F)(F)F)CC1. The minimum Gasteiger partial charge on any atom is -0.391 e. The minimum atomic E-state index is -4.30. The molecule has 0 aliphatic carbocycles. The van der Waals surface area contributed by atoms with Gasteiger partial charge in [0, 0.05) is 29.9 Å². The van der Waals surface area contributed by atoms with Gasteiger partial charge >= 0.3 is 6.18 Å². The third-order valence-electron chi connectivity index (χ3n) is 3.17. The van der Waals surface area contributed by atoms with Gasteiger partial charge in [0.15, 0.2) is 0 Å². The van der Waals surface area contributed by atoms with Crippen molar-refractivity contribution in [2.45, 2.75) is 19.2 Å². The van der Waals surface area contributed by atoms with E-state index in [0.717, 1.165) is 6.08 Å². The molecule has 2 rings (SSSR count). The van der Waals surface area contributed by atoms with E-state index in [1.165, 1.54) is 12.1 Å². The Labute approximate surface area is 108 Å². The van der Waals surface area contributed by atoms with Crippen molar-refractivity contribution in [3.8, 4) is 0 Å². The van der Waals surface area contributed by atoms with Crippen molar-refractivity contribution in [2.75, 3.05) is 18.0 Å². The van der Waals surface area contributed by atoms with Gasteiger partial charge in [-0.2, -0.15) is 13.2 Å². The molecule has 2 nitrogen and oxygen atoms in total. The van der Waals surface area contributed by atoms with E-state index in [0.29, 0.717) is 5.69 Å². The first-order valence-electron chi connectivity index (χ1n) is 5.83. The van der Waals surface area contributed by atoms with Gasteiger partial charge in [0.25, 0.3) is 0 Å². The number of aliphatic hydroxyl groups excluding tert-OH is 1. The fourth-order valence-electron chi connectivity index (χ4n) is 2.15. The molecule has 1 aromatic rings. The number of hydrogen-bond donors (Lipinski definition) is 1. The first-order chi connectivity index (χ1) is 8.93. The molecule has 0 saturated carbocycles. The molecule has 0 saturated heterocycles. The van der Waals surface area contributed by atoms with E-state index in [1.54, 1.807) is 11.0 Å². The average Bonchev–Trinajstić information content (AvgIpc) is 2.37. The molecular formula is C13H13F4NO. The van der Waals surface area contributed by atoms with Gasteiger partial charge in [-0.1, -0.05) is 12.1 Å². The molecule has 0 fully saturated rings. The summed E-state index contributed by atoms with van der Waals surface area (Å²) < 4.78 is 51.0. The Kier molecular flexibility index (Phi) is 3.80. The number of hydrogen-bond acceptors (Lipinski definition) is 2. The lowest BCUT2D eigenvalue weighted by molar-refractivity contribution is -0.0944. The number of halogens is 4. The molecule has 0 aromatic heterocycles. The predicted molar refractivity (Wildman–Crippen MR) is 63.3 cm³/mol. The number of nitrogens with zero attached hydrogens (tertiary/aromatic N) is 1. The van der Waals surface area contributed by atoms with Gasteiger partial charge in [-0.3, -0.25) is 0 Å². The van der Waals surface area contributed by atoms with Gasteiger partial charge in [0.2, 0.25) is 0 Å². The van der Waals surface area contributed by atoms with Crippen molar-refractivity contribution < 1.29 is 22.7 Å². The first-order valence-corrected chi connectivity index (χ1v) is 5.83. The zero-order valence-electron chi connectivity index (χ0n) is 10.0. The van der Waals surface area contributed by atoms with Crippen LogP contribution in [0.25, 0.3) is 0 Å². The standard InChI is InChI=1S/C13H13F4NO/c14-11-2-1-3-12(10(11)8-19)18-6-4-9(5-7-18)13(15,16)17/h1-4,19H,5-8H2. The van der Waals surface area contributed by atoms with Crippen molar-refractivity contribution in [3.05, 3.63) is 41.2 Å². The van der Waals surface area contributed by atoms with Gasteiger partial charge in [-0.15, -0.1) is 0 Å². The Hall–Kier alpha value is -1.56. The Morgan fingerprint density at radius 1 is 1.26 bits per heavy atom. The van der Waals surface area contributed by atoms with Crippen LogP contribution in [0.4, 0.5) is 23.2 Å². The fourth-order valence-corrected chi connectivity index (χ4v) is 2.15. The summed E-state index contributed by atoms with van der Waals surface area (Å²) >= 11 is 0. The van der Waals surface area contributed by atoms with Crippen LogP contribution in [-0.4, -0.2) is 24.4 Å². The summed E-state index contributed by atoms with van der Waals surface area (Å²) in [5.41, 5.74) is 0.0111. The molecule has 6 heteroatoms. The van der Waals surface area contributed by atoms with Crippen molar-refractivity contribution in [1.29, 1.82) is 0 Å². The number of anilines is 1. The maximum Gasteiger partial charge on any atom is 0.412 e. The van der Waals surface area contributed by atoms with Crippen LogP contribution in [0.2, 0.25) is 0 Å². The van der Waals surface area contributed by atoms with E-state index in [-0.39, 0.29) is 25.1 Å². The largest absolute Gasteiger partial charge is 0.412 e. The Bertz CT molecular complexity index is 496. The molecule has 1 aromatic carbocycles. The van der Waals surface area contributed by atoms with Gasteiger partial charge in [0.1, 0.15) is 5.82 Å². The zero-order valence-corrected chi connectivity index (χ0v) is 10.0. The van der Waals surface area contributed by atoms with Crippen molar-refractivity contribution >= 4 is 5.69 Å². The second kappa shape index (κ2) is 5.21. The normalized spacial score (nSPS) is 16.5. The molecule has 0 bridgehead atoms. The minimum absolute atomic E-state index is 0.0608. The number of aliphatic hydroxyl groups is 1. The van der Waals surface area contributed by atoms with Crippen LogP contribution >= 0.6 is 0 Å². The Balaban J connectivity index is 2.23. The van der Waals surface area contributed by atoms with Gasteiger partial charge in [-0.05, 0) is 18.6 Å². The molecule has 19 heavy (non-hydrogen) atoms. The van der Waals surface area contributed by atoms with Crippen LogP contribution < -0.4 is 4.90 Å². The summed E-state index contributed by atoms with van der Waals surface area (Å²) in [7, 11) is 0. The molecule has 0 atom stereocenters. The molecule has 0 amide bonds. The van der Waals surface area contributed by atoms with E-state index < -0.39 is 24.2 Å². The highest BCUT2D eigenvalue weighted by Crippen LogP contribution is 2.32. The van der Waals surface area contributed by atoms with Gasteiger partial charge in [-0.25, -0.2) is 4.39 Å². The topological polar surface area (TPSA) is 23.5 Å². The third-order valence-corrected chi connectivity index (χ3v) is 3.17. The van der Waals surface area contributed by atoms with E-state index in [1.807, 2.05) is 0 Å². The highest BCUT2D eigenvalue weighted by Gasteiger charge is 2.35. The van der Waals surface area contributed by atoms with Crippen molar-refractivity contribution in [2.24, 2.45) is 0 Å². The highest BCUT2D eigenvalue weighted by molar-refractivity contribution is 5.55. The second-order valence-corrected chi connectivity index (χ2v) is 4.32. The van der Waals surface area contributed by atoms with Crippen LogP contribution in [0.15, 0.2) is 29.8 Å². The lowest BCUT2D eigenvalue weighted by Gasteiger charge is -2.30. The van der Waals surface area contributed by atoms with Crippen LogP contribution in [-0.2, 0) is 6.61 Å². The Morgan fingerprint density at radius 2 is 2.00 bits per heavy atom. The molecule has 1 N–H and O–H groups in total. The quantitative estimate of drug-likeness (QED) is 0.662. The molecule has 0 unspecified atom stereocenters. The fraction of sp³-hybridized carbons (Fsp3) is 0.385. The smallest absolute Gasteiger partial charge is 0.391 e. The summed E-state index contributed by atoms with van der Waals surface area (Å²) in [5.74, 6) is -0.550. The molecule has 104 valence electrons. The first kappa shape index (κ1) is 13.9. The van der Waals surface area contributed by atoms with Crippen LogP contribution in [0.1, 0.15) is 12.0 Å². The van der Waals surface area contributed by atoms with Gasteiger partial charge in [0.05, 0.1) is 6.61 Å². The van der Waals surface area contributed by atoms with Crippen molar-refractivity contribution in [1.82, 2.24) is 0 Å². The average molecular weight is 275 g/mol. The monoisotopic (exact) mass is 275 g/mol. The summed E-state index contributed by atoms with van der Waals surface area (Å²) in [4.78, 5) is 1.63. The summed E-state index contributed by atoms with van der Waals surface area (Å²) in [6.45, 7) is -0.262. The molecule has 1 aliphatic heterocycles. The van der Waals surface area contributed by atoms with Crippen molar-refractivity contribution in [3.63, 3.8) is 0 Å². The van der Waals surface area contributed by atoms with Crippen LogP contribution in [0, 0.1) is 5.82 Å². The van der Waals surface area contributed by atoms with E-state index in [9.17, 15) is 17.6 Å². The molecule has 0 radical (unpaired) electrons. The third kappa shape index (κ3) is 2.89.